The molecule has 0 aliphatic rings. The fraction of sp³-hybridized carbons (Fsp3) is 0.0667. The highest BCUT2D eigenvalue weighted by Crippen LogP contribution is 2.21. The van der Waals surface area contributed by atoms with Crippen LogP contribution in [0.4, 0.5) is 0 Å². The van der Waals surface area contributed by atoms with Crippen molar-refractivity contribution in [3.05, 3.63) is 77.1 Å². The van der Waals surface area contributed by atoms with Crippen molar-refractivity contribution in [2.45, 2.75) is 6.54 Å². The van der Waals surface area contributed by atoms with E-state index in [0.29, 0.717) is 6.54 Å². The first-order chi connectivity index (χ1) is 9.34. The van der Waals surface area contributed by atoms with Crippen LogP contribution in [0.3, 0.4) is 0 Å². The van der Waals surface area contributed by atoms with Gasteiger partial charge in [0.2, 0.25) is 0 Å². The first-order valence-corrected chi connectivity index (χ1v) is 6.08. The summed E-state index contributed by atoms with van der Waals surface area (Å²) >= 11 is 0. The van der Waals surface area contributed by atoms with Crippen molar-refractivity contribution in [2.24, 2.45) is 0 Å². The van der Waals surface area contributed by atoms with Gasteiger partial charge in [-0.1, -0.05) is 30.3 Å². The lowest BCUT2D eigenvalue weighted by molar-refractivity contribution is 0.763. The van der Waals surface area contributed by atoms with Gasteiger partial charge in [0.25, 0.3) is 0 Å². The zero-order valence-electron chi connectivity index (χ0n) is 10.3. The molecule has 2 aromatic heterocycles. The van der Waals surface area contributed by atoms with Crippen molar-refractivity contribution in [3.8, 4) is 11.3 Å². The van der Waals surface area contributed by atoms with Gasteiger partial charge < -0.3 is 4.98 Å². The summed E-state index contributed by atoms with van der Waals surface area (Å²) in [6, 6.07) is 13.8. The van der Waals surface area contributed by atoms with Crippen LogP contribution in [0.2, 0.25) is 0 Å². The van der Waals surface area contributed by atoms with Gasteiger partial charge in [-0.3, -0.25) is 9.55 Å². The van der Waals surface area contributed by atoms with E-state index in [9.17, 15) is 4.79 Å². The maximum Gasteiger partial charge on any atom is 0.325 e. The molecule has 0 saturated carbocycles. The van der Waals surface area contributed by atoms with Crippen molar-refractivity contribution >= 4 is 0 Å². The van der Waals surface area contributed by atoms with Crippen LogP contribution in [0.5, 0.6) is 0 Å². The lowest BCUT2D eigenvalue weighted by Gasteiger charge is -2.09. The van der Waals surface area contributed by atoms with Crippen LogP contribution in [0.25, 0.3) is 11.3 Å². The number of nitrogens with one attached hydrogen (secondary N) is 1. The predicted octanol–water partition coefficient (Wildman–Crippen LogP) is 2.29. The second kappa shape index (κ2) is 4.94. The van der Waals surface area contributed by atoms with Gasteiger partial charge in [-0.05, 0) is 17.7 Å². The first-order valence-electron chi connectivity index (χ1n) is 6.08. The van der Waals surface area contributed by atoms with Gasteiger partial charge in [0.15, 0.2) is 0 Å². The molecule has 0 fully saturated rings. The molecule has 3 rings (SSSR count). The molecular formula is C15H13N3O. The number of hydrogen-bond donors (Lipinski definition) is 1. The zero-order valence-corrected chi connectivity index (χ0v) is 10.3. The second-order valence-corrected chi connectivity index (χ2v) is 4.27. The normalized spacial score (nSPS) is 10.5. The number of nitrogens with zero attached hydrogens (tertiary/aromatic N) is 2. The molecule has 1 aromatic carbocycles. The summed E-state index contributed by atoms with van der Waals surface area (Å²) in [7, 11) is 0. The average Bonchev–Trinajstić information content (AvgIpc) is 2.86. The van der Waals surface area contributed by atoms with Crippen molar-refractivity contribution < 1.29 is 0 Å². The van der Waals surface area contributed by atoms with Crippen LogP contribution in [-0.4, -0.2) is 14.5 Å². The van der Waals surface area contributed by atoms with Crippen molar-refractivity contribution in [1.82, 2.24) is 14.5 Å². The molecule has 94 valence electrons. The Morgan fingerprint density at radius 2 is 1.95 bits per heavy atom. The minimum absolute atomic E-state index is 0.101. The monoisotopic (exact) mass is 251 g/mol. The Morgan fingerprint density at radius 3 is 2.68 bits per heavy atom. The predicted molar refractivity (Wildman–Crippen MR) is 73.8 cm³/mol. The minimum atomic E-state index is -0.101. The molecule has 19 heavy (non-hydrogen) atoms. The third kappa shape index (κ3) is 2.33. The van der Waals surface area contributed by atoms with Crippen molar-refractivity contribution in [3.63, 3.8) is 0 Å². The molecule has 2 heterocycles. The van der Waals surface area contributed by atoms with E-state index in [1.807, 2.05) is 42.5 Å². The topological polar surface area (TPSA) is 50.7 Å². The van der Waals surface area contributed by atoms with E-state index in [4.69, 9.17) is 0 Å². The third-order valence-corrected chi connectivity index (χ3v) is 3.02. The Kier molecular flexibility index (Phi) is 2.98. The first kappa shape index (κ1) is 11.5. The van der Waals surface area contributed by atoms with Gasteiger partial charge in [0.05, 0.1) is 12.2 Å². The molecule has 0 aliphatic heterocycles. The second-order valence-electron chi connectivity index (χ2n) is 4.27. The molecule has 1 N–H and O–H groups in total. The molecule has 0 saturated heterocycles. The highest BCUT2D eigenvalue weighted by Gasteiger charge is 2.06. The Hall–Kier alpha value is -2.62. The van der Waals surface area contributed by atoms with Crippen LogP contribution in [0, 0.1) is 0 Å². The number of aromatic nitrogens is 3. The Labute approximate surface area is 110 Å². The maximum absolute atomic E-state index is 11.6. The highest BCUT2D eigenvalue weighted by atomic mass is 16.1. The van der Waals surface area contributed by atoms with Gasteiger partial charge >= 0.3 is 5.69 Å². The van der Waals surface area contributed by atoms with Crippen LogP contribution in [0.15, 0.2) is 65.8 Å². The Balaban J connectivity index is 2.03. The molecular weight excluding hydrogens is 238 g/mol. The molecule has 0 spiro atoms. The number of imidazole rings is 1. The van der Waals surface area contributed by atoms with Crippen LogP contribution >= 0.6 is 0 Å². The fourth-order valence-corrected chi connectivity index (χ4v) is 2.09. The van der Waals surface area contributed by atoms with E-state index in [2.05, 4.69) is 9.97 Å². The number of hydrogen-bond acceptors (Lipinski definition) is 2. The molecule has 0 aliphatic carbocycles. The number of H-pyrrole nitrogens is 1. The molecule has 0 unspecified atom stereocenters. The summed E-state index contributed by atoms with van der Waals surface area (Å²) < 4.78 is 1.64. The average molecular weight is 251 g/mol. The Bertz CT molecular complexity index is 728. The SMILES string of the molecule is O=c1[nH]ccn1Cc1ccccc1-c1ccccn1. The van der Waals surface area contributed by atoms with E-state index in [1.54, 1.807) is 23.2 Å². The van der Waals surface area contributed by atoms with Gasteiger partial charge in [0.1, 0.15) is 0 Å². The van der Waals surface area contributed by atoms with E-state index in [0.717, 1.165) is 16.8 Å². The van der Waals surface area contributed by atoms with Crippen LogP contribution < -0.4 is 5.69 Å². The molecule has 0 amide bonds. The van der Waals surface area contributed by atoms with E-state index in [1.165, 1.54) is 0 Å². The standard InChI is InChI=1S/C15H13N3O/c19-15-17-9-10-18(15)11-12-5-1-2-6-13(12)14-7-3-4-8-16-14/h1-10H,11H2,(H,17,19). The zero-order chi connectivity index (χ0) is 13.1. The lowest BCUT2D eigenvalue weighted by Crippen LogP contribution is -2.17. The molecule has 0 bridgehead atoms. The minimum Gasteiger partial charge on any atom is -0.313 e. The molecule has 0 radical (unpaired) electrons. The van der Waals surface area contributed by atoms with E-state index >= 15 is 0 Å². The Morgan fingerprint density at radius 1 is 1.11 bits per heavy atom. The quantitative estimate of drug-likeness (QED) is 0.776. The third-order valence-electron chi connectivity index (χ3n) is 3.02. The van der Waals surface area contributed by atoms with Gasteiger partial charge in [-0.25, -0.2) is 4.79 Å². The van der Waals surface area contributed by atoms with Gasteiger partial charge in [0, 0.05) is 24.2 Å². The molecule has 4 nitrogen and oxygen atoms in total. The van der Waals surface area contributed by atoms with Crippen LogP contribution in [0.1, 0.15) is 5.56 Å². The largest absolute Gasteiger partial charge is 0.325 e. The van der Waals surface area contributed by atoms with E-state index < -0.39 is 0 Å². The highest BCUT2D eigenvalue weighted by molar-refractivity contribution is 5.63. The summed E-state index contributed by atoms with van der Waals surface area (Å²) in [5, 5.41) is 0. The summed E-state index contributed by atoms with van der Waals surface area (Å²) in [6.45, 7) is 0.537. The molecule has 4 heteroatoms. The number of aromatic amines is 1. The lowest BCUT2D eigenvalue weighted by atomic mass is 10.0. The van der Waals surface area contributed by atoms with Gasteiger partial charge in [-0.15, -0.1) is 0 Å². The number of benzene rings is 1. The summed E-state index contributed by atoms with van der Waals surface area (Å²) in [6.07, 6.45) is 5.16. The fourth-order valence-electron chi connectivity index (χ4n) is 2.09. The van der Waals surface area contributed by atoms with Crippen molar-refractivity contribution in [2.75, 3.05) is 0 Å². The summed E-state index contributed by atoms with van der Waals surface area (Å²) in [4.78, 5) is 18.6. The van der Waals surface area contributed by atoms with E-state index in [-0.39, 0.29) is 5.69 Å². The molecule has 0 atom stereocenters. The van der Waals surface area contributed by atoms with Gasteiger partial charge in [-0.2, -0.15) is 0 Å². The number of rotatable bonds is 3. The smallest absolute Gasteiger partial charge is 0.313 e. The summed E-state index contributed by atoms with van der Waals surface area (Å²) in [5.74, 6) is 0. The van der Waals surface area contributed by atoms with Crippen LogP contribution in [-0.2, 0) is 6.54 Å². The summed E-state index contributed by atoms with van der Waals surface area (Å²) in [5.41, 5.74) is 2.94. The number of pyridine rings is 1. The van der Waals surface area contributed by atoms with Crippen molar-refractivity contribution in [1.29, 1.82) is 0 Å². The maximum atomic E-state index is 11.6. The molecule has 3 aromatic rings.